The molecular formula is C14H24N2O2. The third kappa shape index (κ3) is 1.91. The van der Waals surface area contributed by atoms with Crippen LogP contribution >= 0.6 is 0 Å². The van der Waals surface area contributed by atoms with E-state index in [0.717, 1.165) is 25.7 Å². The Kier molecular flexibility index (Phi) is 3.39. The molecule has 0 bridgehead atoms. The van der Waals surface area contributed by atoms with Gasteiger partial charge in [-0.15, -0.1) is 0 Å². The van der Waals surface area contributed by atoms with Gasteiger partial charge in [0.05, 0.1) is 0 Å². The van der Waals surface area contributed by atoms with Crippen LogP contribution in [0.25, 0.3) is 0 Å². The van der Waals surface area contributed by atoms with Crippen molar-refractivity contribution in [3.05, 3.63) is 0 Å². The summed E-state index contributed by atoms with van der Waals surface area (Å²) in [5, 5.41) is 2.93. The fraction of sp³-hybridized carbons (Fsp3) is 0.857. The number of piperazine rings is 1. The fourth-order valence-electron chi connectivity index (χ4n) is 3.17. The maximum Gasteiger partial charge on any atom is 0.246 e. The van der Waals surface area contributed by atoms with Crippen molar-refractivity contribution in [3.63, 3.8) is 0 Å². The Hall–Kier alpha value is -1.06. The van der Waals surface area contributed by atoms with E-state index in [0.29, 0.717) is 5.92 Å². The molecule has 1 aliphatic heterocycles. The van der Waals surface area contributed by atoms with Crippen LogP contribution in [0.3, 0.4) is 0 Å². The van der Waals surface area contributed by atoms with Crippen LogP contribution < -0.4 is 5.32 Å². The van der Waals surface area contributed by atoms with Crippen molar-refractivity contribution in [2.75, 3.05) is 0 Å². The van der Waals surface area contributed by atoms with Crippen molar-refractivity contribution in [1.82, 2.24) is 10.2 Å². The molecule has 0 spiro atoms. The summed E-state index contributed by atoms with van der Waals surface area (Å²) >= 11 is 0. The minimum Gasteiger partial charge on any atom is -0.342 e. The number of nitrogens with zero attached hydrogens (tertiary/aromatic N) is 1. The average Bonchev–Trinajstić information content (AvgIpc) is 3.09. The van der Waals surface area contributed by atoms with Crippen LogP contribution in [0.15, 0.2) is 0 Å². The summed E-state index contributed by atoms with van der Waals surface area (Å²) < 4.78 is 0. The molecule has 0 aromatic carbocycles. The highest BCUT2D eigenvalue weighted by atomic mass is 16.2. The quantitative estimate of drug-likeness (QED) is 0.827. The highest BCUT2D eigenvalue weighted by Crippen LogP contribution is 2.45. The maximum absolute atomic E-state index is 12.6. The second kappa shape index (κ2) is 4.56. The summed E-state index contributed by atoms with van der Waals surface area (Å²) in [6.45, 7) is 7.97. The van der Waals surface area contributed by atoms with Crippen LogP contribution in [0.2, 0.25) is 0 Å². The number of carbonyl (C=O) groups is 2. The van der Waals surface area contributed by atoms with E-state index in [4.69, 9.17) is 0 Å². The molecule has 2 rings (SSSR count). The zero-order chi connectivity index (χ0) is 13.5. The topological polar surface area (TPSA) is 49.4 Å². The van der Waals surface area contributed by atoms with Crippen molar-refractivity contribution in [3.8, 4) is 0 Å². The first-order chi connectivity index (χ1) is 8.42. The molecule has 4 heteroatoms. The first kappa shape index (κ1) is 13.4. The molecule has 2 atom stereocenters. The Balaban J connectivity index is 2.31. The lowest BCUT2D eigenvalue weighted by molar-refractivity contribution is -0.161. The Bertz CT molecular complexity index is 363. The average molecular weight is 252 g/mol. The minimum absolute atomic E-state index is 0.0387. The van der Waals surface area contributed by atoms with Crippen LogP contribution in [0.4, 0.5) is 0 Å². The van der Waals surface area contributed by atoms with E-state index < -0.39 is 5.54 Å². The van der Waals surface area contributed by atoms with Crippen LogP contribution in [0.1, 0.15) is 53.4 Å². The van der Waals surface area contributed by atoms with E-state index in [1.165, 1.54) is 0 Å². The van der Waals surface area contributed by atoms with Crippen molar-refractivity contribution < 1.29 is 9.59 Å². The van der Waals surface area contributed by atoms with E-state index in [1.807, 2.05) is 32.6 Å². The van der Waals surface area contributed by atoms with Gasteiger partial charge in [0.1, 0.15) is 11.6 Å². The smallest absolute Gasteiger partial charge is 0.246 e. The number of nitrogens with one attached hydrogen (secondary N) is 1. The predicted molar refractivity (Wildman–Crippen MR) is 69.9 cm³/mol. The van der Waals surface area contributed by atoms with Gasteiger partial charge in [-0.1, -0.05) is 13.3 Å². The van der Waals surface area contributed by atoms with E-state index in [2.05, 4.69) is 5.32 Å². The number of rotatable bonds is 4. The van der Waals surface area contributed by atoms with E-state index in [9.17, 15) is 9.59 Å². The van der Waals surface area contributed by atoms with Gasteiger partial charge in [0.25, 0.3) is 0 Å². The van der Waals surface area contributed by atoms with E-state index in [1.54, 1.807) is 0 Å². The Labute approximate surface area is 109 Å². The molecule has 1 saturated heterocycles. The number of hydrogen-bond acceptors (Lipinski definition) is 2. The van der Waals surface area contributed by atoms with Crippen molar-refractivity contribution in [2.24, 2.45) is 5.92 Å². The van der Waals surface area contributed by atoms with Crippen LogP contribution in [-0.4, -0.2) is 34.3 Å². The monoisotopic (exact) mass is 252 g/mol. The predicted octanol–water partition coefficient (Wildman–Crippen LogP) is 1.69. The maximum atomic E-state index is 12.6. The normalized spacial score (nSPS) is 32.9. The van der Waals surface area contributed by atoms with E-state index in [-0.39, 0.29) is 23.9 Å². The third-order valence-corrected chi connectivity index (χ3v) is 4.27. The van der Waals surface area contributed by atoms with Crippen LogP contribution in [0.5, 0.6) is 0 Å². The van der Waals surface area contributed by atoms with Crippen LogP contribution in [0, 0.1) is 5.92 Å². The molecule has 1 N–H and O–H groups in total. The zero-order valence-electron chi connectivity index (χ0n) is 11.8. The number of amides is 2. The summed E-state index contributed by atoms with van der Waals surface area (Å²) in [5.41, 5.74) is -0.629. The molecule has 1 heterocycles. The molecular weight excluding hydrogens is 228 g/mol. The molecule has 4 nitrogen and oxygen atoms in total. The van der Waals surface area contributed by atoms with Crippen molar-refractivity contribution in [1.29, 1.82) is 0 Å². The molecule has 2 fully saturated rings. The number of carbonyl (C=O) groups excluding carboxylic acids is 2. The molecule has 102 valence electrons. The summed E-state index contributed by atoms with van der Waals surface area (Å²) in [7, 11) is 0. The fourth-order valence-corrected chi connectivity index (χ4v) is 3.17. The molecule has 0 radical (unpaired) electrons. The standard InChI is InChI=1S/C14H24N2O2/c1-5-6-11-12(17)16(9(2)3)14(4,10-7-8-10)13(18)15-11/h9-11H,5-8H2,1-4H3,(H,15,18). The molecule has 2 amide bonds. The number of hydrogen-bond donors (Lipinski definition) is 1. The second-order valence-corrected chi connectivity index (χ2v) is 6.04. The van der Waals surface area contributed by atoms with Gasteiger partial charge in [0.2, 0.25) is 11.8 Å². The van der Waals surface area contributed by atoms with Gasteiger partial charge < -0.3 is 10.2 Å². The third-order valence-electron chi connectivity index (χ3n) is 4.27. The zero-order valence-corrected chi connectivity index (χ0v) is 11.8. The largest absolute Gasteiger partial charge is 0.342 e. The lowest BCUT2D eigenvalue weighted by Gasteiger charge is -2.48. The van der Waals surface area contributed by atoms with Gasteiger partial charge in [0, 0.05) is 6.04 Å². The van der Waals surface area contributed by atoms with Gasteiger partial charge in [-0.25, -0.2) is 0 Å². The molecule has 1 aliphatic carbocycles. The first-order valence-corrected chi connectivity index (χ1v) is 7.07. The van der Waals surface area contributed by atoms with Gasteiger partial charge in [-0.3, -0.25) is 9.59 Å². The van der Waals surface area contributed by atoms with Gasteiger partial charge >= 0.3 is 0 Å². The Morgan fingerprint density at radius 3 is 2.44 bits per heavy atom. The SMILES string of the molecule is CCCC1NC(=O)C(C)(C2CC2)N(C(C)C)C1=O. The lowest BCUT2D eigenvalue weighted by atomic mass is 9.86. The molecule has 18 heavy (non-hydrogen) atoms. The highest BCUT2D eigenvalue weighted by molar-refractivity contribution is 6.00. The summed E-state index contributed by atoms with van der Waals surface area (Å²) in [6, 6.07) is -0.245. The summed E-state index contributed by atoms with van der Waals surface area (Å²) in [4.78, 5) is 26.8. The molecule has 1 saturated carbocycles. The van der Waals surface area contributed by atoms with Crippen molar-refractivity contribution in [2.45, 2.75) is 71.0 Å². The highest BCUT2D eigenvalue weighted by Gasteiger charge is 2.57. The molecule has 2 unspecified atom stereocenters. The lowest BCUT2D eigenvalue weighted by Crippen LogP contribution is -2.71. The molecule has 0 aromatic heterocycles. The van der Waals surface area contributed by atoms with Gasteiger partial charge in [-0.05, 0) is 46.0 Å². The van der Waals surface area contributed by atoms with Gasteiger partial charge in [0.15, 0.2) is 0 Å². The Morgan fingerprint density at radius 2 is 2.00 bits per heavy atom. The van der Waals surface area contributed by atoms with Gasteiger partial charge in [-0.2, -0.15) is 0 Å². The molecule has 2 aliphatic rings. The first-order valence-electron chi connectivity index (χ1n) is 7.07. The second-order valence-electron chi connectivity index (χ2n) is 6.04. The Morgan fingerprint density at radius 1 is 1.39 bits per heavy atom. The van der Waals surface area contributed by atoms with Crippen LogP contribution in [-0.2, 0) is 9.59 Å². The molecule has 0 aromatic rings. The summed E-state index contributed by atoms with van der Waals surface area (Å²) in [5.74, 6) is 0.476. The minimum atomic E-state index is -0.629. The van der Waals surface area contributed by atoms with E-state index >= 15 is 0 Å². The van der Waals surface area contributed by atoms with Crippen molar-refractivity contribution >= 4 is 11.8 Å². The summed E-state index contributed by atoms with van der Waals surface area (Å²) in [6.07, 6.45) is 3.75.